The van der Waals surface area contributed by atoms with Gasteiger partial charge in [-0.05, 0) is 48.7 Å². The van der Waals surface area contributed by atoms with Gasteiger partial charge in [-0.15, -0.1) is 0 Å². The second-order valence-electron chi connectivity index (χ2n) is 8.86. The molecular formula is C27H29N3O4+2. The molecule has 2 aromatic heterocycles. The molecule has 1 aliphatic rings. The summed E-state index contributed by atoms with van der Waals surface area (Å²) in [5, 5.41) is 11.3. The number of aliphatic hydroxyl groups excluding tert-OH is 1. The van der Waals surface area contributed by atoms with E-state index in [-0.39, 0.29) is 17.9 Å². The maximum absolute atomic E-state index is 13.2. The lowest BCUT2D eigenvalue weighted by atomic mass is 9.95. The van der Waals surface area contributed by atoms with E-state index in [1.54, 1.807) is 49.1 Å². The van der Waals surface area contributed by atoms with Gasteiger partial charge in [0, 0.05) is 28.8 Å². The molecule has 1 fully saturated rings. The number of aliphatic hydroxyl groups is 1. The van der Waals surface area contributed by atoms with E-state index in [2.05, 4.69) is 23.8 Å². The van der Waals surface area contributed by atoms with Crippen molar-refractivity contribution in [2.45, 2.75) is 33.4 Å². The van der Waals surface area contributed by atoms with Gasteiger partial charge in [0.15, 0.2) is 24.8 Å². The maximum Gasteiger partial charge on any atom is 0.295 e. The Morgan fingerprint density at radius 2 is 1.82 bits per heavy atom. The van der Waals surface area contributed by atoms with Crippen LogP contribution in [-0.4, -0.2) is 28.3 Å². The third-order valence-corrected chi connectivity index (χ3v) is 5.73. The van der Waals surface area contributed by atoms with Gasteiger partial charge in [0.1, 0.15) is 11.5 Å². The Bertz CT molecular complexity index is 1220. The molecule has 3 heterocycles. The van der Waals surface area contributed by atoms with E-state index >= 15 is 0 Å². The largest absolute Gasteiger partial charge is 0.507 e. The molecule has 1 atom stereocenters. The molecular weight excluding hydrogens is 430 g/mol. The number of hydrogen-bond acceptors (Lipinski definition) is 4. The summed E-state index contributed by atoms with van der Waals surface area (Å²) < 4.78 is 5.84. The van der Waals surface area contributed by atoms with Crippen LogP contribution in [0.3, 0.4) is 0 Å². The van der Waals surface area contributed by atoms with E-state index in [9.17, 15) is 14.7 Å². The number of benzene rings is 1. The zero-order chi connectivity index (χ0) is 24.2. The fraction of sp³-hybridized carbons (Fsp3) is 0.259. The molecule has 0 bridgehead atoms. The zero-order valence-corrected chi connectivity index (χ0v) is 19.5. The van der Waals surface area contributed by atoms with Crippen molar-refractivity contribution in [1.29, 1.82) is 0 Å². The SMILES string of the molecule is Cc1cc(C(O)=C2C(=O)C(=O)N(Cc3ccc[nH+]c3)C2c2ccc[nH+]c2)ccc1OCC(C)C. The topological polar surface area (TPSA) is 95.1 Å². The molecule has 4 rings (SSSR count). The minimum atomic E-state index is -0.727. The Labute approximate surface area is 198 Å². The molecule has 1 saturated heterocycles. The lowest BCUT2D eigenvalue weighted by Gasteiger charge is -2.23. The molecule has 7 heteroatoms. The molecule has 3 aromatic rings. The van der Waals surface area contributed by atoms with Crippen LogP contribution >= 0.6 is 0 Å². The molecule has 174 valence electrons. The number of H-pyrrole nitrogens is 2. The number of aromatic nitrogens is 2. The normalized spacial score (nSPS) is 17.4. The van der Waals surface area contributed by atoms with E-state index in [1.165, 1.54) is 4.90 Å². The first-order chi connectivity index (χ1) is 16.4. The Hall–Kier alpha value is -4.00. The number of likely N-dealkylation sites (tertiary alicyclic amines) is 1. The summed E-state index contributed by atoms with van der Waals surface area (Å²) >= 11 is 0. The number of carbonyl (C=O) groups excluding carboxylic acids is 2. The number of amides is 1. The molecule has 34 heavy (non-hydrogen) atoms. The third kappa shape index (κ3) is 4.69. The molecule has 7 nitrogen and oxygen atoms in total. The van der Waals surface area contributed by atoms with Crippen LogP contribution in [-0.2, 0) is 16.1 Å². The Morgan fingerprint density at radius 3 is 2.44 bits per heavy atom. The van der Waals surface area contributed by atoms with Crippen LogP contribution in [0.25, 0.3) is 5.76 Å². The summed E-state index contributed by atoms with van der Waals surface area (Å²) in [7, 11) is 0. The summed E-state index contributed by atoms with van der Waals surface area (Å²) in [5.41, 5.74) is 2.92. The molecule has 1 amide bonds. The van der Waals surface area contributed by atoms with Gasteiger partial charge in [0.05, 0.1) is 24.8 Å². The van der Waals surface area contributed by atoms with E-state index in [0.717, 1.165) is 16.9 Å². The number of hydrogen-bond donors (Lipinski definition) is 1. The molecule has 0 aliphatic carbocycles. The van der Waals surface area contributed by atoms with Gasteiger partial charge in [-0.1, -0.05) is 13.8 Å². The monoisotopic (exact) mass is 459 g/mol. The van der Waals surface area contributed by atoms with E-state index in [4.69, 9.17) is 4.74 Å². The summed E-state index contributed by atoms with van der Waals surface area (Å²) in [4.78, 5) is 33.8. The lowest BCUT2D eigenvalue weighted by Crippen LogP contribution is -2.30. The Morgan fingerprint density at radius 1 is 1.09 bits per heavy atom. The van der Waals surface area contributed by atoms with Crippen molar-refractivity contribution in [3.05, 3.63) is 95.1 Å². The van der Waals surface area contributed by atoms with Gasteiger partial charge in [-0.25, -0.2) is 9.97 Å². The molecule has 1 aliphatic heterocycles. The number of aryl methyl sites for hydroxylation is 1. The van der Waals surface area contributed by atoms with Gasteiger partial charge in [-0.2, -0.15) is 0 Å². The number of carbonyl (C=O) groups is 2. The summed E-state index contributed by atoms with van der Waals surface area (Å²) in [6.07, 6.45) is 7.05. The van der Waals surface area contributed by atoms with Gasteiger partial charge in [-0.3, -0.25) is 9.59 Å². The number of pyridine rings is 2. The summed E-state index contributed by atoms with van der Waals surface area (Å²) in [6.45, 7) is 6.84. The van der Waals surface area contributed by atoms with Crippen LogP contribution in [0.1, 0.15) is 42.1 Å². The molecule has 0 spiro atoms. The second kappa shape index (κ2) is 9.87. The first-order valence-electron chi connectivity index (χ1n) is 11.3. The van der Waals surface area contributed by atoms with Crippen LogP contribution < -0.4 is 14.7 Å². The van der Waals surface area contributed by atoms with Crippen LogP contribution in [0.4, 0.5) is 0 Å². The molecule has 0 saturated carbocycles. The first kappa shape index (κ1) is 23.2. The van der Waals surface area contributed by atoms with Crippen molar-refractivity contribution in [2.75, 3.05) is 6.61 Å². The number of ether oxygens (including phenoxy) is 1. The van der Waals surface area contributed by atoms with Crippen molar-refractivity contribution in [1.82, 2.24) is 4.90 Å². The van der Waals surface area contributed by atoms with Gasteiger partial charge < -0.3 is 14.7 Å². The maximum atomic E-state index is 13.2. The molecule has 3 N–H and O–H groups in total. The Balaban J connectivity index is 1.77. The predicted octanol–water partition coefficient (Wildman–Crippen LogP) is 3.28. The van der Waals surface area contributed by atoms with Crippen molar-refractivity contribution < 1.29 is 29.4 Å². The van der Waals surface area contributed by atoms with E-state index in [0.29, 0.717) is 23.7 Å². The number of aromatic amines is 2. The molecule has 0 radical (unpaired) electrons. The minimum absolute atomic E-state index is 0.0692. The quantitative estimate of drug-likeness (QED) is 0.333. The van der Waals surface area contributed by atoms with Gasteiger partial charge >= 0.3 is 0 Å². The number of nitrogens with one attached hydrogen (secondary N) is 2. The summed E-state index contributed by atoms with van der Waals surface area (Å²) in [6, 6.07) is 11.9. The Kier molecular flexibility index (Phi) is 6.72. The van der Waals surface area contributed by atoms with E-state index in [1.807, 2.05) is 25.1 Å². The first-order valence-corrected chi connectivity index (χ1v) is 11.3. The number of Topliss-reactive ketones (excluding diaryl/α,β-unsaturated/α-hetero) is 1. The van der Waals surface area contributed by atoms with Crippen LogP contribution in [0.15, 0.2) is 72.8 Å². The highest BCUT2D eigenvalue weighted by Gasteiger charge is 2.46. The number of ketones is 1. The van der Waals surface area contributed by atoms with Crippen LogP contribution in [0.5, 0.6) is 5.75 Å². The van der Waals surface area contributed by atoms with Crippen LogP contribution in [0, 0.1) is 12.8 Å². The smallest absolute Gasteiger partial charge is 0.295 e. The second-order valence-corrected chi connectivity index (χ2v) is 8.86. The zero-order valence-electron chi connectivity index (χ0n) is 19.5. The standard InChI is InChI=1S/C27H27N3O4/c1-17(2)16-34-22-9-8-20(12-18(22)3)25(31)23-24(21-7-5-11-29-14-21)30(27(33)26(23)32)15-19-6-4-10-28-13-19/h4-14,17,24,31H,15-16H2,1-3H3/p+2. The third-order valence-electron chi connectivity index (χ3n) is 5.73. The average Bonchev–Trinajstić information content (AvgIpc) is 3.09. The highest BCUT2D eigenvalue weighted by molar-refractivity contribution is 6.46. The average molecular weight is 460 g/mol. The fourth-order valence-corrected chi connectivity index (χ4v) is 4.06. The fourth-order valence-electron chi connectivity index (χ4n) is 4.06. The van der Waals surface area contributed by atoms with Gasteiger partial charge in [0.2, 0.25) is 0 Å². The summed E-state index contributed by atoms with van der Waals surface area (Å²) in [5.74, 6) is -0.446. The predicted molar refractivity (Wildman–Crippen MR) is 125 cm³/mol. The van der Waals surface area contributed by atoms with Crippen LogP contribution in [0.2, 0.25) is 0 Å². The molecule has 1 unspecified atom stereocenters. The highest BCUT2D eigenvalue weighted by atomic mass is 16.5. The highest BCUT2D eigenvalue weighted by Crippen LogP contribution is 2.40. The lowest BCUT2D eigenvalue weighted by molar-refractivity contribution is -0.379. The van der Waals surface area contributed by atoms with Crippen molar-refractivity contribution in [3.8, 4) is 5.75 Å². The molecule has 1 aromatic carbocycles. The van der Waals surface area contributed by atoms with Gasteiger partial charge in [0.25, 0.3) is 11.7 Å². The van der Waals surface area contributed by atoms with Crippen molar-refractivity contribution >= 4 is 17.4 Å². The number of rotatable bonds is 7. The minimum Gasteiger partial charge on any atom is -0.507 e. The number of nitrogens with zero attached hydrogens (tertiary/aromatic N) is 1. The van der Waals surface area contributed by atoms with Crippen molar-refractivity contribution in [3.63, 3.8) is 0 Å². The van der Waals surface area contributed by atoms with Crippen molar-refractivity contribution in [2.24, 2.45) is 5.92 Å². The van der Waals surface area contributed by atoms with E-state index < -0.39 is 17.7 Å².